The van der Waals surface area contributed by atoms with Gasteiger partial charge in [0.25, 0.3) is 0 Å². The van der Waals surface area contributed by atoms with Crippen LogP contribution >= 0.6 is 0 Å². The van der Waals surface area contributed by atoms with E-state index in [1.807, 2.05) is 20.8 Å². The van der Waals surface area contributed by atoms with Crippen LogP contribution < -0.4 is 17.7 Å². The van der Waals surface area contributed by atoms with Gasteiger partial charge in [-0.25, -0.2) is 5.32 Å². The molecule has 0 aromatic rings. The molecule has 0 fully saturated rings. The van der Waals surface area contributed by atoms with Crippen molar-refractivity contribution in [3.8, 4) is 0 Å². The van der Waals surface area contributed by atoms with E-state index in [4.69, 9.17) is 4.74 Å². The van der Waals surface area contributed by atoms with Gasteiger partial charge < -0.3 is 17.1 Å². The first-order chi connectivity index (χ1) is 9.45. The number of ether oxygens (including phenoxy) is 1. The van der Waals surface area contributed by atoms with Crippen molar-refractivity contribution in [3.63, 3.8) is 0 Å². The molecule has 0 bridgehead atoms. The third kappa shape index (κ3) is 19.7. The summed E-state index contributed by atoms with van der Waals surface area (Å²) in [4.78, 5) is 11.4. The summed E-state index contributed by atoms with van der Waals surface area (Å²) in [7, 11) is 0. The Labute approximate surface area is 138 Å². The molecular weight excluding hydrogens is 286 g/mol. The zero-order valence-electron chi connectivity index (χ0n) is 14.5. The van der Waals surface area contributed by atoms with E-state index < -0.39 is 0 Å². The molecule has 0 spiro atoms. The molecule has 1 amide bonds. The largest absolute Gasteiger partial charge is 1.00 e. The van der Waals surface area contributed by atoms with Crippen LogP contribution in [0, 0.1) is 0 Å². The summed E-state index contributed by atoms with van der Waals surface area (Å²) in [5.74, 6) is 0. The molecule has 3 nitrogen and oxygen atoms in total. The number of hydrogen-bond donors (Lipinski definition) is 1. The monoisotopic (exact) mass is 321 g/mol. The molecule has 4 heteroatoms. The highest BCUT2D eigenvalue weighted by Crippen LogP contribution is 2.10. The third-order valence-electron chi connectivity index (χ3n) is 3.29. The predicted octanol–water partition coefficient (Wildman–Crippen LogP) is 1.41. The van der Waals surface area contributed by atoms with Crippen LogP contribution in [0.25, 0.3) is 0 Å². The van der Waals surface area contributed by atoms with Crippen LogP contribution in [0.5, 0.6) is 0 Å². The highest BCUT2D eigenvalue weighted by Gasteiger charge is 2.20. The molecule has 0 atom stereocenters. The van der Waals surface area contributed by atoms with Crippen LogP contribution in [0.3, 0.4) is 0 Å². The van der Waals surface area contributed by atoms with Crippen molar-refractivity contribution in [1.29, 1.82) is 0 Å². The summed E-state index contributed by atoms with van der Waals surface area (Å²) < 4.78 is 5.20. The second-order valence-electron chi connectivity index (χ2n) is 6.86. The molecule has 0 aliphatic rings. The molecule has 0 rings (SSSR count). The van der Waals surface area contributed by atoms with E-state index in [-0.39, 0.29) is 24.0 Å². The lowest BCUT2D eigenvalue weighted by molar-refractivity contribution is -0.638. The van der Waals surface area contributed by atoms with E-state index in [2.05, 4.69) is 6.92 Å². The van der Waals surface area contributed by atoms with Crippen molar-refractivity contribution >= 4 is 6.09 Å². The van der Waals surface area contributed by atoms with Gasteiger partial charge in [0, 0.05) is 0 Å². The lowest BCUT2D eigenvalue weighted by atomic mass is 10.1. The summed E-state index contributed by atoms with van der Waals surface area (Å²) in [5, 5.41) is 1.66. The normalized spacial score (nSPS) is 11.0. The van der Waals surface area contributed by atoms with Gasteiger partial charge >= 0.3 is 6.09 Å². The van der Waals surface area contributed by atoms with E-state index >= 15 is 0 Å². The first kappa shape index (κ1) is 23.0. The molecule has 0 radical (unpaired) electrons. The zero-order chi connectivity index (χ0) is 15.3. The van der Waals surface area contributed by atoms with E-state index in [9.17, 15) is 4.79 Å². The number of nitrogens with two attached hydrogens (primary N) is 1. The van der Waals surface area contributed by atoms with E-state index in [1.54, 1.807) is 5.32 Å². The Hall–Kier alpha value is -0.280. The second-order valence-corrected chi connectivity index (χ2v) is 6.86. The van der Waals surface area contributed by atoms with Crippen LogP contribution in [-0.4, -0.2) is 18.2 Å². The molecule has 21 heavy (non-hydrogen) atoms. The number of primary amides is 1. The Kier molecular flexibility index (Phi) is 16.0. The van der Waals surface area contributed by atoms with E-state index in [0.717, 1.165) is 6.42 Å². The predicted molar refractivity (Wildman–Crippen MR) is 84.9 cm³/mol. The van der Waals surface area contributed by atoms with Crippen LogP contribution in [0.2, 0.25) is 0 Å². The molecule has 0 aliphatic heterocycles. The zero-order valence-corrected chi connectivity index (χ0v) is 15.3. The number of amides is 1. The fourth-order valence-electron chi connectivity index (χ4n) is 2.16. The topological polar surface area (TPSA) is 42.9 Å². The first-order valence-corrected chi connectivity index (χ1v) is 8.48. The maximum atomic E-state index is 11.4. The standard InChI is InChI=1S/C17H35NO2.ClH/c1-5-6-7-8-9-10-11-12-13-14-15-20-16(19)18-17(2,3)4;/h5-15H2,1-4H3,(H,18,19);1H. The van der Waals surface area contributed by atoms with Crippen LogP contribution in [-0.2, 0) is 4.74 Å². The summed E-state index contributed by atoms with van der Waals surface area (Å²) in [6.07, 6.45) is 12.9. The van der Waals surface area contributed by atoms with Crippen LogP contribution in [0.4, 0.5) is 4.79 Å². The van der Waals surface area contributed by atoms with E-state index in [0.29, 0.717) is 6.61 Å². The van der Waals surface area contributed by atoms with Crippen LogP contribution in [0.15, 0.2) is 0 Å². The Morgan fingerprint density at radius 1 is 0.857 bits per heavy atom. The van der Waals surface area contributed by atoms with Gasteiger partial charge in [0.1, 0.15) is 0 Å². The molecule has 0 unspecified atom stereocenters. The summed E-state index contributed by atoms with van der Waals surface area (Å²) in [6.45, 7) is 8.85. The van der Waals surface area contributed by atoms with Crippen molar-refractivity contribution in [2.45, 2.75) is 97.4 Å². The average Bonchev–Trinajstić information content (AvgIpc) is 2.34. The maximum absolute atomic E-state index is 11.4. The maximum Gasteiger partial charge on any atom is 0.513 e. The fraction of sp³-hybridized carbons (Fsp3) is 0.941. The van der Waals surface area contributed by atoms with Gasteiger partial charge in [0.15, 0.2) is 0 Å². The lowest BCUT2D eigenvalue weighted by Crippen LogP contribution is -3.00. The number of unbranched alkanes of at least 4 members (excludes halogenated alkanes) is 9. The van der Waals surface area contributed by atoms with Gasteiger partial charge in [0.2, 0.25) is 0 Å². The first-order valence-electron chi connectivity index (χ1n) is 8.48. The number of rotatable bonds is 11. The highest BCUT2D eigenvalue weighted by molar-refractivity contribution is 5.55. The average molecular weight is 322 g/mol. The van der Waals surface area contributed by atoms with Gasteiger partial charge in [-0.05, 0) is 27.2 Å². The quantitative estimate of drug-likeness (QED) is 0.585. The van der Waals surface area contributed by atoms with Crippen molar-refractivity contribution < 1.29 is 27.3 Å². The number of carbonyl (C=O) groups is 1. The minimum atomic E-state index is -0.173. The molecule has 128 valence electrons. The molecule has 0 saturated heterocycles. The van der Waals surface area contributed by atoms with Crippen molar-refractivity contribution in [2.24, 2.45) is 0 Å². The Bertz CT molecular complexity index is 239. The smallest absolute Gasteiger partial charge is 0.513 e. The summed E-state index contributed by atoms with van der Waals surface area (Å²) >= 11 is 0. The van der Waals surface area contributed by atoms with Crippen LogP contribution in [0.1, 0.15) is 91.9 Å². The fourth-order valence-corrected chi connectivity index (χ4v) is 2.16. The summed E-state index contributed by atoms with van der Waals surface area (Å²) in [5.41, 5.74) is -0.0884. The van der Waals surface area contributed by atoms with Gasteiger partial charge in [-0.2, -0.15) is 4.79 Å². The van der Waals surface area contributed by atoms with E-state index in [1.165, 1.54) is 57.8 Å². The number of halogens is 1. The Balaban J connectivity index is 0. The molecule has 0 aliphatic carbocycles. The minimum absolute atomic E-state index is 0. The molecule has 0 aromatic heterocycles. The number of quaternary nitrogens is 1. The Morgan fingerprint density at radius 3 is 1.71 bits per heavy atom. The third-order valence-corrected chi connectivity index (χ3v) is 3.29. The molecule has 0 aromatic carbocycles. The van der Waals surface area contributed by atoms with Gasteiger partial charge in [0.05, 0.1) is 12.1 Å². The van der Waals surface area contributed by atoms with Gasteiger partial charge in [-0.3, -0.25) is 0 Å². The molecule has 0 saturated carbocycles. The second kappa shape index (κ2) is 14.6. The highest BCUT2D eigenvalue weighted by atomic mass is 35.5. The van der Waals surface area contributed by atoms with Gasteiger partial charge in [-0.15, -0.1) is 0 Å². The minimum Gasteiger partial charge on any atom is -1.00 e. The van der Waals surface area contributed by atoms with Crippen molar-refractivity contribution in [3.05, 3.63) is 0 Å². The Morgan fingerprint density at radius 2 is 1.29 bits per heavy atom. The lowest BCUT2D eigenvalue weighted by Gasteiger charge is -2.14. The van der Waals surface area contributed by atoms with Crippen molar-refractivity contribution in [2.75, 3.05) is 6.61 Å². The molecular formula is C17H36ClNO2. The van der Waals surface area contributed by atoms with Crippen molar-refractivity contribution in [1.82, 2.24) is 0 Å². The SMILES string of the molecule is CCCCCCCCCCCCOC(=O)[NH2+]C(C)(C)C.[Cl-]. The molecule has 0 heterocycles. The number of hydrogen-bond acceptors (Lipinski definition) is 2. The molecule has 2 N–H and O–H groups in total. The van der Waals surface area contributed by atoms with Gasteiger partial charge in [-0.1, -0.05) is 64.7 Å². The summed E-state index contributed by atoms with van der Waals surface area (Å²) in [6, 6.07) is 0. The number of carbonyl (C=O) groups excluding carboxylic acids is 1.